The molecule has 1 aromatic rings. The summed E-state index contributed by atoms with van der Waals surface area (Å²) in [4.78, 5) is 23.9. The van der Waals surface area contributed by atoms with E-state index in [0.717, 1.165) is 34.3 Å². The summed E-state index contributed by atoms with van der Waals surface area (Å²) in [5, 5.41) is 9.01. The zero-order valence-electron chi connectivity index (χ0n) is 9.95. The van der Waals surface area contributed by atoms with Gasteiger partial charge in [0.2, 0.25) is 0 Å². The van der Waals surface area contributed by atoms with Crippen molar-refractivity contribution in [2.45, 2.75) is 38.5 Å². The molecule has 0 amide bonds. The van der Waals surface area contributed by atoms with Crippen LogP contribution in [0.1, 0.15) is 48.2 Å². The minimum atomic E-state index is -0.794. The normalized spacial score (nSPS) is 17.8. The second-order valence-electron chi connectivity index (χ2n) is 4.98. The predicted molar refractivity (Wildman–Crippen MR) is 74.1 cm³/mol. The Hall–Kier alpha value is -0.680. The summed E-state index contributed by atoms with van der Waals surface area (Å²) in [6.07, 6.45) is 4.27. The highest BCUT2D eigenvalue weighted by molar-refractivity contribution is 9.11. The zero-order valence-corrected chi connectivity index (χ0v) is 12.3. The van der Waals surface area contributed by atoms with E-state index < -0.39 is 5.97 Å². The summed E-state index contributed by atoms with van der Waals surface area (Å²) in [5.74, 6) is -0.717. The zero-order chi connectivity index (χ0) is 13.2. The molecule has 0 radical (unpaired) electrons. The van der Waals surface area contributed by atoms with Crippen LogP contribution in [-0.2, 0) is 4.79 Å². The number of carbonyl (C=O) groups excluding carboxylic acids is 1. The Bertz CT molecular complexity index is 461. The van der Waals surface area contributed by atoms with E-state index in [9.17, 15) is 9.59 Å². The van der Waals surface area contributed by atoms with Crippen molar-refractivity contribution in [3.8, 4) is 0 Å². The third kappa shape index (κ3) is 3.20. The van der Waals surface area contributed by atoms with Crippen molar-refractivity contribution in [1.82, 2.24) is 0 Å². The number of halogens is 1. The summed E-state index contributed by atoms with van der Waals surface area (Å²) >= 11 is 4.76. The minimum Gasteiger partial charge on any atom is -0.481 e. The Morgan fingerprint density at radius 3 is 2.44 bits per heavy atom. The highest BCUT2D eigenvalue weighted by atomic mass is 79.9. The van der Waals surface area contributed by atoms with Gasteiger partial charge < -0.3 is 5.11 Å². The molecule has 18 heavy (non-hydrogen) atoms. The van der Waals surface area contributed by atoms with Gasteiger partial charge in [0.15, 0.2) is 5.78 Å². The van der Waals surface area contributed by atoms with Gasteiger partial charge in [0, 0.05) is 6.42 Å². The number of carboxylic acid groups (broad SMARTS) is 1. The molecule has 2 rings (SSSR count). The molecule has 0 atom stereocenters. The summed E-state index contributed by atoms with van der Waals surface area (Å²) in [6, 6.07) is 3.66. The first kappa shape index (κ1) is 13.7. The van der Waals surface area contributed by atoms with Crippen LogP contribution in [0.5, 0.6) is 0 Å². The smallest absolute Gasteiger partial charge is 0.303 e. The molecule has 98 valence electrons. The van der Waals surface area contributed by atoms with Gasteiger partial charge in [0.1, 0.15) is 0 Å². The molecule has 1 aromatic heterocycles. The number of hydrogen-bond acceptors (Lipinski definition) is 3. The molecule has 1 heterocycles. The molecule has 0 aromatic carbocycles. The molecule has 0 bridgehead atoms. The van der Waals surface area contributed by atoms with Crippen LogP contribution in [0.15, 0.2) is 15.9 Å². The average molecular weight is 331 g/mol. The van der Waals surface area contributed by atoms with E-state index in [1.807, 2.05) is 6.07 Å². The maximum absolute atomic E-state index is 12.2. The first-order valence-electron chi connectivity index (χ1n) is 6.01. The first-order valence-corrected chi connectivity index (χ1v) is 7.62. The quantitative estimate of drug-likeness (QED) is 0.826. The minimum absolute atomic E-state index is 0.0776. The Kier molecular flexibility index (Phi) is 4.22. The lowest BCUT2D eigenvalue weighted by atomic mass is 9.78. The molecule has 0 unspecified atom stereocenters. The fraction of sp³-hybridized carbons (Fsp3) is 0.538. The van der Waals surface area contributed by atoms with E-state index in [0.29, 0.717) is 6.42 Å². The molecule has 1 aliphatic rings. The number of Topliss-reactive ketones (excluding diaryl/α,β-unsaturated/α-hetero) is 1. The lowest BCUT2D eigenvalue weighted by molar-refractivity contribution is -0.139. The van der Waals surface area contributed by atoms with E-state index in [-0.39, 0.29) is 17.6 Å². The lowest BCUT2D eigenvalue weighted by Gasteiger charge is -2.25. The molecule has 0 spiro atoms. The molecular weight excluding hydrogens is 316 g/mol. The van der Waals surface area contributed by atoms with Crippen LogP contribution in [0, 0.1) is 5.41 Å². The van der Waals surface area contributed by atoms with Crippen LogP contribution in [0.2, 0.25) is 0 Å². The molecule has 0 saturated heterocycles. The van der Waals surface area contributed by atoms with Gasteiger partial charge in [-0.1, -0.05) is 12.8 Å². The van der Waals surface area contributed by atoms with Gasteiger partial charge in [0.25, 0.3) is 0 Å². The van der Waals surface area contributed by atoms with Crippen LogP contribution in [0.4, 0.5) is 0 Å². The molecular formula is C13H15BrO3S. The van der Waals surface area contributed by atoms with Crippen LogP contribution in [0.25, 0.3) is 0 Å². The molecule has 5 heteroatoms. The van der Waals surface area contributed by atoms with E-state index >= 15 is 0 Å². The summed E-state index contributed by atoms with van der Waals surface area (Å²) in [6.45, 7) is 0. The number of ketones is 1. The number of hydrogen-bond donors (Lipinski definition) is 1. The topological polar surface area (TPSA) is 54.4 Å². The van der Waals surface area contributed by atoms with Gasteiger partial charge >= 0.3 is 5.97 Å². The number of thiophene rings is 1. The molecule has 1 N–H and O–H groups in total. The molecule has 1 fully saturated rings. The molecule has 0 aliphatic heterocycles. The van der Waals surface area contributed by atoms with Gasteiger partial charge in [-0.15, -0.1) is 11.3 Å². The van der Waals surface area contributed by atoms with Crippen molar-refractivity contribution in [2.75, 3.05) is 0 Å². The Labute approximate surface area is 118 Å². The van der Waals surface area contributed by atoms with Crippen molar-refractivity contribution in [1.29, 1.82) is 0 Å². The van der Waals surface area contributed by atoms with Crippen molar-refractivity contribution in [3.63, 3.8) is 0 Å². The highest BCUT2D eigenvalue weighted by Crippen LogP contribution is 2.45. The molecule has 3 nitrogen and oxygen atoms in total. The summed E-state index contributed by atoms with van der Waals surface area (Å²) in [7, 11) is 0. The van der Waals surface area contributed by atoms with Crippen LogP contribution in [-0.4, -0.2) is 16.9 Å². The van der Waals surface area contributed by atoms with Crippen molar-refractivity contribution in [3.05, 3.63) is 20.8 Å². The number of aliphatic carboxylic acids is 1. The van der Waals surface area contributed by atoms with Crippen LogP contribution < -0.4 is 0 Å². The maximum atomic E-state index is 12.2. The lowest BCUT2D eigenvalue weighted by Crippen LogP contribution is -2.24. The van der Waals surface area contributed by atoms with E-state index in [1.165, 1.54) is 11.3 Å². The molecule has 1 saturated carbocycles. The third-order valence-electron chi connectivity index (χ3n) is 3.57. The Morgan fingerprint density at radius 2 is 1.94 bits per heavy atom. The second kappa shape index (κ2) is 5.53. The van der Waals surface area contributed by atoms with Crippen molar-refractivity contribution >= 4 is 39.0 Å². The van der Waals surface area contributed by atoms with Crippen LogP contribution in [0.3, 0.4) is 0 Å². The largest absolute Gasteiger partial charge is 0.481 e. The average Bonchev–Trinajstić information content (AvgIpc) is 2.87. The first-order chi connectivity index (χ1) is 8.51. The summed E-state index contributed by atoms with van der Waals surface area (Å²) in [5.41, 5.74) is -0.306. The Balaban J connectivity index is 2.09. The molecule has 1 aliphatic carbocycles. The maximum Gasteiger partial charge on any atom is 0.303 e. The predicted octanol–water partition coefficient (Wildman–Crippen LogP) is 4.12. The number of carboxylic acids is 1. The van der Waals surface area contributed by atoms with Crippen molar-refractivity contribution in [2.24, 2.45) is 5.41 Å². The second-order valence-corrected chi connectivity index (χ2v) is 7.44. The van der Waals surface area contributed by atoms with Gasteiger partial charge in [-0.3, -0.25) is 9.59 Å². The highest BCUT2D eigenvalue weighted by Gasteiger charge is 2.38. The SMILES string of the molecule is O=C(O)CC1(CC(=O)c2ccc(Br)s2)CCCC1. The van der Waals surface area contributed by atoms with E-state index in [2.05, 4.69) is 15.9 Å². The standard InChI is InChI=1S/C13H15BrO3S/c14-11-4-3-10(18-11)9(15)7-13(8-12(16)17)5-1-2-6-13/h3-4H,1-2,5-8H2,(H,16,17). The van der Waals surface area contributed by atoms with Gasteiger partial charge in [-0.25, -0.2) is 0 Å². The van der Waals surface area contributed by atoms with E-state index in [4.69, 9.17) is 5.11 Å². The number of carbonyl (C=O) groups is 2. The van der Waals surface area contributed by atoms with Crippen molar-refractivity contribution < 1.29 is 14.7 Å². The van der Waals surface area contributed by atoms with Crippen LogP contribution >= 0.6 is 27.3 Å². The van der Waals surface area contributed by atoms with Gasteiger partial charge in [-0.2, -0.15) is 0 Å². The number of rotatable bonds is 5. The fourth-order valence-electron chi connectivity index (χ4n) is 2.75. The Morgan fingerprint density at radius 1 is 1.28 bits per heavy atom. The summed E-state index contributed by atoms with van der Waals surface area (Å²) < 4.78 is 0.935. The van der Waals surface area contributed by atoms with E-state index in [1.54, 1.807) is 6.07 Å². The van der Waals surface area contributed by atoms with Gasteiger partial charge in [0.05, 0.1) is 15.1 Å². The fourth-order valence-corrected chi connectivity index (χ4v) is 4.08. The monoisotopic (exact) mass is 330 g/mol. The third-order valence-corrected chi connectivity index (χ3v) is 5.24. The van der Waals surface area contributed by atoms with Gasteiger partial charge in [-0.05, 0) is 46.3 Å².